The molecule has 94 valence electrons. The number of hydrogen-bond donors (Lipinski definition) is 1. The number of anilines is 1. The number of nitrogens with one attached hydrogen (secondary N) is 1. The maximum absolute atomic E-state index is 5.80. The van der Waals surface area contributed by atoms with Crippen molar-refractivity contribution in [1.29, 1.82) is 0 Å². The molecule has 18 heavy (non-hydrogen) atoms. The first-order chi connectivity index (χ1) is 8.72. The van der Waals surface area contributed by atoms with Gasteiger partial charge in [-0.3, -0.25) is 0 Å². The highest BCUT2D eigenvalue weighted by Crippen LogP contribution is 2.24. The van der Waals surface area contributed by atoms with Crippen LogP contribution in [0.2, 0.25) is 0 Å². The summed E-state index contributed by atoms with van der Waals surface area (Å²) in [7, 11) is 1.83. The van der Waals surface area contributed by atoms with Gasteiger partial charge in [-0.05, 0) is 18.6 Å². The third-order valence-electron chi connectivity index (χ3n) is 2.63. The first-order valence-corrected chi connectivity index (χ1v) is 6.02. The van der Waals surface area contributed by atoms with Crippen LogP contribution in [0.3, 0.4) is 0 Å². The monoisotopic (exact) mass is 243 g/mol. The molecule has 0 saturated carbocycles. The molecule has 0 atom stereocenters. The van der Waals surface area contributed by atoms with Crippen LogP contribution in [-0.2, 0) is 6.42 Å². The maximum Gasteiger partial charge on any atom is 0.224 e. The van der Waals surface area contributed by atoms with Gasteiger partial charge >= 0.3 is 0 Å². The average Bonchev–Trinajstić information content (AvgIpc) is 2.41. The molecule has 0 spiro atoms. The van der Waals surface area contributed by atoms with E-state index >= 15 is 0 Å². The Morgan fingerprint density at radius 3 is 2.67 bits per heavy atom. The summed E-state index contributed by atoms with van der Waals surface area (Å²) in [5, 5.41) is 3.01. The average molecular weight is 243 g/mol. The zero-order chi connectivity index (χ0) is 13.0. The predicted molar refractivity (Wildman–Crippen MR) is 72.2 cm³/mol. The number of benzene rings is 1. The van der Waals surface area contributed by atoms with Gasteiger partial charge in [-0.1, -0.05) is 25.1 Å². The summed E-state index contributed by atoms with van der Waals surface area (Å²) in [5.74, 6) is 2.93. The summed E-state index contributed by atoms with van der Waals surface area (Å²) in [5.41, 5.74) is 1.08. The van der Waals surface area contributed by atoms with E-state index < -0.39 is 0 Å². The molecule has 0 aliphatic heterocycles. The molecule has 1 N–H and O–H groups in total. The van der Waals surface area contributed by atoms with E-state index in [-0.39, 0.29) is 0 Å². The van der Waals surface area contributed by atoms with Crippen molar-refractivity contribution in [3.8, 4) is 11.6 Å². The lowest BCUT2D eigenvalue weighted by atomic mass is 10.2. The second-order valence-electron chi connectivity index (χ2n) is 3.98. The van der Waals surface area contributed by atoms with Crippen molar-refractivity contribution >= 4 is 5.82 Å². The lowest BCUT2D eigenvalue weighted by molar-refractivity contribution is 0.456. The quantitative estimate of drug-likeness (QED) is 0.895. The molecule has 0 aliphatic rings. The maximum atomic E-state index is 5.80. The summed E-state index contributed by atoms with van der Waals surface area (Å²) in [6.45, 7) is 4.03. The molecule has 2 aromatic rings. The van der Waals surface area contributed by atoms with E-state index in [9.17, 15) is 0 Å². The highest BCUT2D eigenvalue weighted by atomic mass is 16.5. The summed E-state index contributed by atoms with van der Waals surface area (Å²) in [6, 6.07) is 9.67. The fourth-order valence-electron chi connectivity index (χ4n) is 1.59. The molecule has 0 aliphatic carbocycles. The van der Waals surface area contributed by atoms with Crippen LogP contribution in [0.4, 0.5) is 5.82 Å². The van der Waals surface area contributed by atoms with Crippen molar-refractivity contribution in [2.75, 3.05) is 12.4 Å². The number of hydrogen-bond acceptors (Lipinski definition) is 4. The molecule has 4 heteroatoms. The standard InChI is InChI=1S/C14H17N3O/c1-4-12-16-13(15-3)9-14(17-12)18-11-8-6-5-7-10(11)2/h5-9H,4H2,1-3H3,(H,15,16,17). The lowest BCUT2D eigenvalue weighted by Crippen LogP contribution is -2.01. The van der Waals surface area contributed by atoms with Gasteiger partial charge in [0, 0.05) is 19.5 Å². The van der Waals surface area contributed by atoms with Crippen LogP contribution in [0.5, 0.6) is 11.6 Å². The van der Waals surface area contributed by atoms with Gasteiger partial charge in [0.25, 0.3) is 0 Å². The van der Waals surface area contributed by atoms with Crippen LogP contribution < -0.4 is 10.1 Å². The van der Waals surface area contributed by atoms with Crippen LogP contribution in [-0.4, -0.2) is 17.0 Å². The van der Waals surface area contributed by atoms with E-state index in [2.05, 4.69) is 15.3 Å². The smallest absolute Gasteiger partial charge is 0.224 e. The van der Waals surface area contributed by atoms with Crippen molar-refractivity contribution < 1.29 is 4.74 Å². The Kier molecular flexibility index (Phi) is 3.77. The zero-order valence-corrected chi connectivity index (χ0v) is 10.9. The molecule has 1 aromatic heterocycles. The minimum absolute atomic E-state index is 0.570. The molecule has 4 nitrogen and oxygen atoms in total. The summed E-state index contributed by atoms with van der Waals surface area (Å²) in [6.07, 6.45) is 0.777. The molecular formula is C14H17N3O. The Labute approximate surface area is 107 Å². The molecule has 0 saturated heterocycles. The molecule has 1 aromatic carbocycles. The topological polar surface area (TPSA) is 47.0 Å². The molecule has 0 amide bonds. The van der Waals surface area contributed by atoms with Gasteiger partial charge in [0.05, 0.1) is 0 Å². The molecule has 2 rings (SSSR count). The summed E-state index contributed by atoms with van der Waals surface area (Å²) >= 11 is 0. The normalized spacial score (nSPS) is 10.2. The van der Waals surface area contributed by atoms with Gasteiger partial charge in [0.2, 0.25) is 5.88 Å². The van der Waals surface area contributed by atoms with Gasteiger partial charge < -0.3 is 10.1 Å². The van der Waals surface area contributed by atoms with E-state index in [4.69, 9.17) is 4.74 Å². The first kappa shape index (κ1) is 12.4. The fraction of sp³-hybridized carbons (Fsp3) is 0.286. The second kappa shape index (κ2) is 5.49. The van der Waals surface area contributed by atoms with E-state index in [1.54, 1.807) is 6.07 Å². The highest BCUT2D eigenvalue weighted by molar-refractivity contribution is 5.41. The number of rotatable bonds is 4. The van der Waals surface area contributed by atoms with E-state index in [0.29, 0.717) is 5.88 Å². The molecule has 0 bridgehead atoms. The number of aromatic nitrogens is 2. The number of nitrogens with zero attached hydrogens (tertiary/aromatic N) is 2. The Hall–Kier alpha value is -2.10. The predicted octanol–water partition coefficient (Wildman–Crippen LogP) is 3.18. The third-order valence-corrected chi connectivity index (χ3v) is 2.63. The van der Waals surface area contributed by atoms with E-state index in [0.717, 1.165) is 29.4 Å². The Bertz CT molecular complexity index is 518. The number of para-hydroxylation sites is 1. The molecular weight excluding hydrogens is 226 g/mol. The zero-order valence-electron chi connectivity index (χ0n) is 10.9. The Balaban J connectivity index is 2.31. The molecule has 0 unspecified atom stereocenters. The van der Waals surface area contributed by atoms with Gasteiger partial charge in [-0.15, -0.1) is 0 Å². The van der Waals surface area contributed by atoms with Gasteiger partial charge in [-0.2, -0.15) is 4.98 Å². The third kappa shape index (κ3) is 2.77. The Morgan fingerprint density at radius 1 is 1.22 bits per heavy atom. The number of aryl methyl sites for hydroxylation is 2. The van der Waals surface area contributed by atoms with Crippen molar-refractivity contribution in [2.24, 2.45) is 0 Å². The van der Waals surface area contributed by atoms with Gasteiger partial charge in [0.1, 0.15) is 17.4 Å². The molecule has 0 radical (unpaired) electrons. The van der Waals surface area contributed by atoms with Crippen molar-refractivity contribution in [3.63, 3.8) is 0 Å². The molecule has 1 heterocycles. The van der Waals surface area contributed by atoms with E-state index in [1.165, 1.54) is 0 Å². The first-order valence-electron chi connectivity index (χ1n) is 6.02. The Morgan fingerprint density at radius 2 is 2.00 bits per heavy atom. The molecule has 0 fully saturated rings. The van der Waals surface area contributed by atoms with Gasteiger partial charge in [0.15, 0.2) is 0 Å². The van der Waals surface area contributed by atoms with Gasteiger partial charge in [-0.25, -0.2) is 4.98 Å². The number of ether oxygens (including phenoxy) is 1. The van der Waals surface area contributed by atoms with Crippen LogP contribution in [0.1, 0.15) is 18.3 Å². The van der Waals surface area contributed by atoms with Crippen LogP contribution in [0.25, 0.3) is 0 Å². The lowest BCUT2D eigenvalue weighted by Gasteiger charge is -2.09. The van der Waals surface area contributed by atoms with Crippen molar-refractivity contribution in [3.05, 3.63) is 41.7 Å². The van der Waals surface area contributed by atoms with Crippen LogP contribution >= 0.6 is 0 Å². The van der Waals surface area contributed by atoms with Crippen LogP contribution in [0.15, 0.2) is 30.3 Å². The summed E-state index contributed by atoms with van der Waals surface area (Å²) < 4.78 is 5.80. The minimum Gasteiger partial charge on any atom is -0.439 e. The fourth-order valence-corrected chi connectivity index (χ4v) is 1.59. The minimum atomic E-state index is 0.570. The summed E-state index contributed by atoms with van der Waals surface area (Å²) in [4.78, 5) is 8.70. The SMILES string of the molecule is CCc1nc(NC)cc(Oc2ccccc2C)n1. The van der Waals surface area contributed by atoms with Crippen molar-refractivity contribution in [2.45, 2.75) is 20.3 Å². The van der Waals surface area contributed by atoms with Crippen molar-refractivity contribution in [1.82, 2.24) is 9.97 Å². The van der Waals surface area contributed by atoms with Crippen LogP contribution in [0, 0.1) is 6.92 Å². The second-order valence-corrected chi connectivity index (χ2v) is 3.98. The van der Waals surface area contributed by atoms with E-state index in [1.807, 2.05) is 45.2 Å². The highest BCUT2D eigenvalue weighted by Gasteiger charge is 2.06. The largest absolute Gasteiger partial charge is 0.439 e.